The van der Waals surface area contributed by atoms with Gasteiger partial charge in [-0.1, -0.05) is 211 Å². The van der Waals surface area contributed by atoms with Gasteiger partial charge in [-0.05, 0) is 89.5 Å². The van der Waals surface area contributed by atoms with Crippen molar-refractivity contribution >= 4 is 69.0 Å². The van der Waals surface area contributed by atoms with E-state index in [1.165, 1.54) is 98.7 Å². The summed E-state index contributed by atoms with van der Waals surface area (Å²) in [5.74, 6) is 0. The average Bonchev–Trinajstić information content (AvgIpc) is 3.79. The van der Waals surface area contributed by atoms with E-state index < -0.39 is 8.07 Å². The minimum atomic E-state index is -2.70. The van der Waals surface area contributed by atoms with Crippen LogP contribution in [0.15, 0.2) is 218 Å². The van der Waals surface area contributed by atoms with Crippen molar-refractivity contribution in [3.63, 3.8) is 0 Å². The fraction of sp³-hybridized carbons (Fsp3) is 0.0182. The van der Waals surface area contributed by atoms with Crippen LogP contribution in [0.1, 0.15) is 22.3 Å². The van der Waals surface area contributed by atoms with Crippen molar-refractivity contribution in [3.8, 4) is 22.3 Å². The number of nitrogens with zero attached hydrogens (tertiary/aromatic N) is 1. The summed E-state index contributed by atoms with van der Waals surface area (Å²) in [7, 11) is -2.70. The van der Waals surface area contributed by atoms with Crippen LogP contribution in [0.3, 0.4) is 0 Å². The zero-order valence-corrected chi connectivity index (χ0v) is 32.8. The molecule has 0 saturated heterocycles. The molecule has 9 aromatic carbocycles. The van der Waals surface area contributed by atoms with Gasteiger partial charge in [-0.2, -0.15) is 0 Å². The molecular weight excluding hydrogens is 714 g/mol. The Morgan fingerprint density at radius 1 is 0.362 bits per heavy atom. The molecule has 268 valence electrons. The summed E-state index contributed by atoms with van der Waals surface area (Å²) in [5.41, 5.74) is 18.6. The van der Waals surface area contributed by atoms with Crippen LogP contribution in [0.25, 0.3) is 22.3 Å². The van der Waals surface area contributed by atoms with Gasteiger partial charge in [0.1, 0.15) is 0 Å². The second-order valence-electron chi connectivity index (χ2n) is 16.3. The Kier molecular flexibility index (Phi) is 6.55. The van der Waals surface area contributed by atoms with E-state index in [-0.39, 0.29) is 12.1 Å². The Hall–Kier alpha value is -6.94. The first-order valence-corrected chi connectivity index (χ1v) is 22.5. The van der Waals surface area contributed by atoms with Crippen molar-refractivity contribution in [1.82, 2.24) is 0 Å². The summed E-state index contributed by atoms with van der Waals surface area (Å²) >= 11 is 0. The first kappa shape index (κ1) is 32.2. The summed E-state index contributed by atoms with van der Waals surface area (Å²) in [6.07, 6.45) is 0. The number of hydrogen-bond acceptors (Lipinski definition) is 1. The lowest BCUT2D eigenvalue weighted by atomic mass is 9.32. The minimum Gasteiger partial charge on any atom is -0.311 e. The van der Waals surface area contributed by atoms with Gasteiger partial charge in [0.05, 0.1) is 5.41 Å². The minimum absolute atomic E-state index is 0.161. The number of fused-ring (bicyclic) bond motifs is 14. The summed E-state index contributed by atoms with van der Waals surface area (Å²) in [6, 6.07) is 83.1. The molecule has 0 aromatic heterocycles. The fourth-order valence-electron chi connectivity index (χ4n) is 11.8. The summed E-state index contributed by atoms with van der Waals surface area (Å²) in [6.45, 7) is 0.161. The van der Waals surface area contributed by atoms with Gasteiger partial charge in [-0.25, -0.2) is 0 Å². The molecule has 0 bridgehead atoms. The molecule has 3 heterocycles. The van der Waals surface area contributed by atoms with Crippen molar-refractivity contribution < 1.29 is 0 Å². The highest BCUT2D eigenvalue weighted by molar-refractivity contribution is 7.21. The van der Waals surface area contributed by atoms with Crippen LogP contribution in [-0.2, 0) is 5.41 Å². The van der Waals surface area contributed by atoms with E-state index in [9.17, 15) is 0 Å². The Morgan fingerprint density at radius 3 is 1.50 bits per heavy atom. The van der Waals surface area contributed by atoms with E-state index in [4.69, 9.17) is 0 Å². The summed E-state index contributed by atoms with van der Waals surface area (Å²) < 4.78 is 0. The van der Waals surface area contributed by atoms with Crippen LogP contribution in [0.2, 0.25) is 0 Å². The Labute approximate surface area is 340 Å². The van der Waals surface area contributed by atoms with Crippen LogP contribution in [0.5, 0.6) is 0 Å². The molecule has 13 rings (SSSR count). The Balaban J connectivity index is 1.06. The summed E-state index contributed by atoms with van der Waals surface area (Å²) in [4.78, 5) is 2.55. The van der Waals surface area contributed by atoms with Gasteiger partial charge in [0.2, 0.25) is 6.71 Å². The molecule has 0 N–H and O–H groups in total. The molecule has 0 atom stereocenters. The third-order valence-corrected chi connectivity index (χ3v) is 18.7. The number of benzene rings is 9. The highest BCUT2D eigenvalue weighted by atomic mass is 28.3. The van der Waals surface area contributed by atoms with Gasteiger partial charge in [-0.3, -0.25) is 0 Å². The van der Waals surface area contributed by atoms with Gasteiger partial charge in [0.25, 0.3) is 0 Å². The molecule has 1 aliphatic carbocycles. The van der Waals surface area contributed by atoms with Crippen LogP contribution in [0, 0.1) is 0 Å². The SMILES string of the molecule is c1ccc([Si]2(c3ccccc3)c3ccccc3N(c3ccc4c(c3)-c3cccc5c3B4c3ccccc3C53c4ccccc4-c4ccccc43)c3ccccc32)cc1. The maximum absolute atomic E-state index is 2.70. The monoisotopic (exact) mass is 749 g/mol. The molecule has 3 aliphatic heterocycles. The van der Waals surface area contributed by atoms with Gasteiger partial charge in [0.15, 0.2) is 8.07 Å². The number of rotatable bonds is 3. The van der Waals surface area contributed by atoms with Crippen molar-refractivity contribution in [3.05, 3.63) is 241 Å². The van der Waals surface area contributed by atoms with Crippen molar-refractivity contribution in [1.29, 1.82) is 0 Å². The molecule has 0 amide bonds. The maximum Gasteiger partial charge on any atom is 0.243 e. The lowest BCUT2D eigenvalue weighted by molar-refractivity contribution is 0.775. The molecule has 3 heteroatoms. The van der Waals surface area contributed by atoms with Gasteiger partial charge >= 0.3 is 0 Å². The van der Waals surface area contributed by atoms with E-state index in [1.807, 2.05) is 0 Å². The molecule has 0 fully saturated rings. The maximum atomic E-state index is 2.55. The van der Waals surface area contributed by atoms with E-state index >= 15 is 0 Å². The van der Waals surface area contributed by atoms with E-state index in [1.54, 1.807) is 0 Å². The second-order valence-corrected chi connectivity index (χ2v) is 20.0. The zero-order valence-electron chi connectivity index (χ0n) is 31.8. The third-order valence-electron chi connectivity index (χ3n) is 13.8. The number of para-hydroxylation sites is 2. The largest absolute Gasteiger partial charge is 0.311 e. The summed E-state index contributed by atoms with van der Waals surface area (Å²) in [5, 5.41) is 5.64. The zero-order chi connectivity index (χ0) is 38.0. The fourth-order valence-corrected chi connectivity index (χ4v) is 16.9. The van der Waals surface area contributed by atoms with Crippen LogP contribution in [-0.4, -0.2) is 14.8 Å². The van der Waals surface area contributed by atoms with Crippen molar-refractivity contribution in [2.75, 3.05) is 4.90 Å². The van der Waals surface area contributed by atoms with Gasteiger partial charge < -0.3 is 4.90 Å². The first-order chi connectivity index (χ1) is 28.8. The smallest absolute Gasteiger partial charge is 0.243 e. The normalized spacial score (nSPS) is 15.1. The molecule has 0 unspecified atom stereocenters. The lowest BCUT2D eigenvalue weighted by Crippen LogP contribution is -2.77. The van der Waals surface area contributed by atoms with E-state index in [2.05, 4.69) is 223 Å². The van der Waals surface area contributed by atoms with Crippen LogP contribution >= 0.6 is 0 Å². The van der Waals surface area contributed by atoms with E-state index in [0.29, 0.717) is 0 Å². The van der Waals surface area contributed by atoms with E-state index in [0.717, 1.165) is 0 Å². The number of anilines is 3. The molecule has 4 aliphatic rings. The first-order valence-electron chi connectivity index (χ1n) is 20.5. The molecule has 0 saturated carbocycles. The molecule has 0 radical (unpaired) electrons. The van der Waals surface area contributed by atoms with Crippen LogP contribution in [0.4, 0.5) is 17.1 Å². The van der Waals surface area contributed by atoms with Gasteiger partial charge in [0, 0.05) is 17.1 Å². The van der Waals surface area contributed by atoms with Gasteiger partial charge in [-0.15, -0.1) is 0 Å². The Bertz CT molecular complexity index is 3020. The predicted molar refractivity (Wildman–Crippen MR) is 246 cm³/mol. The topological polar surface area (TPSA) is 3.24 Å². The predicted octanol–water partition coefficient (Wildman–Crippen LogP) is 8.02. The molecule has 1 nitrogen and oxygen atoms in total. The van der Waals surface area contributed by atoms with Crippen molar-refractivity contribution in [2.24, 2.45) is 0 Å². The lowest BCUT2D eigenvalue weighted by Gasteiger charge is -2.45. The highest BCUT2D eigenvalue weighted by Gasteiger charge is 2.55. The third kappa shape index (κ3) is 3.87. The standard InChI is InChI=1S/C55H36BNSi/c1-3-18-38(19-4-1)58(39-20-5-2-6-21-39)52-32-15-13-30-50(52)57(51-31-14-16-33-53(51)58)37-34-35-48-43(36-37)42-24-17-28-47-54(42)56(48)49-29-12-11-27-46(49)55(47)44-25-9-7-22-40(44)41-23-8-10-26-45(41)55/h1-36H. The molecule has 58 heavy (non-hydrogen) atoms. The molecular formula is C55H36BNSi. The molecule has 9 aromatic rings. The average molecular weight is 750 g/mol. The molecule has 1 spiro atoms. The van der Waals surface area contributed by atoms with Crippen LogP contribution < -0.4 is 42.0 Å². The van der Waals surface area contributed by atoms with Crippen molar-refractivity contribution in [2.45, 2.75) is 5.41 Å². The second kappa shape index (κ2) is 11.8. The highest BCUT2D eigenvalue weighted by Crippen LogP contribution is 2.57. The quantitative estimate of drug-likeness (QED) is 0.166. The Morgan fingerprint density at radius 2 is 0.862 bits per heavy atom. The number of hydrogen-bond donors (Lipinski definition) is 0.